The maximum absolute atomic E-state index is 14.4. The number of nitriles is 1. The lowest BCUT2D eigenvalue weighted by molar-refractivity contribution is 0.312. The van der Waals surface area contributed by atoms with Crippen molar-refractivity contribution in [2.45, 2.75) is 0 Å². The third-order valence-electron chi connectivity index (χ3n) is 4.17. The number of rotatable bonds is 1. The van der Waals surface area contributed by atoms with E-state index in [1.54, 1.807) is 10.6 Å². The van der Waals surface area contributed by atoms with Gasteiger partial charge in [-0.15, -0.1) is 0 Å². The monoisotopic (exact) mass is 311 g/mol. The van der Waals surface area contributed by atoms with Crippen LogP contribution in [0.3, 0.4) is 0 Å². The summed E-state index contributed by atoms with van der Waals surface area (Å²) in [5.41, 5.74) is 1.47. The molecule has 1 aliphatic heterocycles. The lowest BCUT2D eigenvalue weighted by atomic mass is 10.2. The Labute approximate surface area is 131 Å². The topological polar surface area (TPSA) is 73.3 Å². The molecule has 1 aromatic carbocycles. The molecule has 8 heteroatoms. The van der Waals surface area contributed by atoms with E-state index < -0.39 is 5.82 Å². The summed E-state index contributed by atoms with van der Waals surface area (Å²) < 4.78 is 15.9. The molecule has 0 saturated carbocycles. The number of piperazine rings is 1. The van der Waals surface area contributed by atoms with Crippen molar-refractivity contribution < 1.29 is 4.39 Å². The molecule has 3 aromatic rings. The zero-order chi connectivity index (χ0) is 16.0. The molecule has 0 radical (unpaired) electrons. The number of anilines is 1. The number of likely N-dealkylation sites (N-methyl/N-ethyl adjacent to an activating group) is 1. The van der Waals surface area contributed by atoms with Gasteiger partial charge >= 0.3 is 0 Å². The van der Waals surface area contributed by atoms with Crippen LogP contribution in [0, 0.1) is 17.1 Å². The fourth-order valence-corrected chi connectivity index (χ4v) is 2.88. The Morgan fingerprint density at radius 2 is 2.00 bits per heavy atom. The summed E-state index contributed by atoms with van der Waals surface area (Å²) in [6.45, 7) is 3.43. The molecule has 0 bridgehead atoms. The van der Waals surface area contributed by atoms with Crippen molar-refractivity contribution in [3.63, 3.8) is 0 Å². The molecule has 2 aromatic heterocycles. The second-order valence-electron chi connectivity index (χ2n) is 5.66. The highest BCUT2D eigenvalue weighted by atomic mass is 19.1. The average Bonchev–Trinajstić information content (AvgIpc) is 3.05. The van der Waals surface area contributed by atoms with Crippen molar-refractivity contribution >= 4 is 22.5 Å². The van der Waals surface area contributed by atoms with Gasteiger partial charge in [-0.3, -0.25) is 0 Å². The molecule has 0 spiro atoms. The van der Waals surface area contributed by atoms with Crippen LogP contribution >= 0.6 is 0 Å². The molecule has 7 nitrogen and oxygen atoms in total. The van der Waals surface area contributed by atoms with Gasteiger partial charge in [0.25, 0.3) is 0 Å². The van der Waals surface area contributed by atoms with Crippen molar-refractivity contribution in [1.82, 2.24) is 24.5 Å². The van der Waals surface area contributed by atoms with Crippen molar-refractivity contribution in [1.29, 1.82) is 5.26 Å². The highest BCUT2D eigenvalue weighted by Crippen LogP contribution is 2.26. The Balaban J connectivity index is 1.96. The lowest BCUT2D eigenvalue weighted by Gasteiger charge is -2.33. The van der Waals surface area contributed by atoms with Crippen LogP contribution in [-0.4, -0.2) is 57.7 Å². The number of fused-ring (bicyclic) bond motifs is 3. The summed E-state index contributed by atoms with van der Waals surface area (Å²) in [6, 6.07) is 4.74. The number of aromatic nitrogens is 4. The van der Waals surface area contributed by atoms with Crippen LogP contribution in [0.4, 0.5) is 10.2 Å². The van der Waals surface area contributed by atoms with Gasteiger partial charge in [0.1, 0.15) is 11.8 Å². The van der Waals surface area contributed by atoms with E-state index >= 15 is 0 Å². The summed E-state index contributed by atoms with van der Waals surface area (Å²) in [6.07, 6.45) is 1.42. The molecule has 0 amide bonds. The van der Waals surface area contributed by atoms with Gasteiger partial charge in [0.2, 0.25) is 0 Å². The largest absolute Gasteiger partial charge is 0.351 e. The third kappa shape index (κ3) is 2.17. The van der Waals surface area contributed by atoms with E-state index in [2.05, 4.69) is 31.9 Å². The summed E-state index contributed by atoms with van der Waals surface area (Å²) in [7, 11) is 2.07. The number of benzene rings is 1. The molecule has 0 unspecified atom stereocenters. The van der Waals surface area contributed by atoms with E-state index in [4.69, 9.17) is 5.26 Å². The number of hydrogen-bond acceptors (Lipinski definition) is 6. The maximum atomic E-state index is 14.4. The van der Waals surface area contributed by atoms with Gasteiger partial charge in [-0.25, -0.2) is 18.9 Å². The van der Waals surface area contributed by atoms with Gasteiger partial charge in [-0.2, -0.15) is 10.4 Å². The standard InChI is InChI=1S/C15H14FN7/c1-21-2-4-22(5-3-21)15-14-18-9-19-23(14)12-7-10(8-17)6-11(16)13(12)20-15/h6-7,9H,2-5H2,1H3. The van der Waals surface area contributed by atoms with E-state index in [0.29, 0.717) is 17.0 Å². The van der Waals surface area contributed by atoms with Crippen molar-refractivity contribution in [2.24, 2.45) is 0 Å². The molecule has 0 N–H and O–H groups in total. The number of halogens is 1. The van der Waals surface area contributed by atoms with Crippen LogP contribution in [0.2, 0.25) is 0 Å². The first-order chi connectivity index (χ1) is 11.2. The molecule has 116 valence electrons. The second kappa shape index (κ2) is 5.14. The summed E-state index contributed by atoms with van der Waals surface area (Å²) in [5, 5.41) is 13.2. The van der Waals surface area contributed by atoms with Crippen LogP contribution in [0.1, 0.15) is 5.56 Å². The van der Waals surface area contributed by atoms with Crippen molar-refractivity contribution in [2.75, 3.05) is 38.1 Å². The smallest absolute Gasteiger partial charge is 0.199 e. The predicted molar refractivity (Wildman–Crippen MR) is 82.7 cm³/mol. The molecule has 0 aliphatic carbocycles. The zero-order valence-electron chi connectivity index (χ0n) is 12.6. The van der Waals surface area contributed by atoms with Gasteiger partial charge < -0.3 is 9.80 Å². The first kappa shape index (κ1) is 13.8. The minimum absolute atomic E-state index is 0.205. The van der Waals surface area contributed by atoms with Gasteiger partial charge in [0, 0.05) is 26.2 Å². The summed E-state index contributed by atoms with van der Waals surface area (Å²) >= 11 is 0. The number of nitrogens with zero attached hydrogens (tertiary/aromatic N) is 7. The van der Waals surface area contributed by atoms with Gasteiger partial charge in [-0.05, 0) is 19.2 Å². The fourth-order valence-electron chi connectivity index (χ4n) is 2.88. The molecular weight excluding hydrogens is 297 g/mol. The molecule has 1 saturated heterocycles. The van der Waals surface area contributed by atoms with Crippen LogP contribution in [0.5, 0.6) is 0 Å². The highest BCUT2D eigenvalue weighted by Gasteiger charge is 2.21. The van der Waals surface area contributed by atoms with E-state index in [-0.39, 0.29) is 11.1 Å². The summed E-state index contributed by atoms with van der Waals surface area (Å²) in [4.78, 5) is 13.1. The average molecular weight is 311 g/mol. The number of hydrogen-bond donors (Lipinski definition) is 0. The predicted octanol–water partition coefficient (Wildman–Crippen LogP) is 1.04. The lowest BCUT2D eigenvalue weighted by Crippen LogP contribution is -2.45. The van der Waals surface area contributed by atoms with Crippen molar-refractivity contribution in [3.8, 4) is 6.07 Å². The normalized spacial score (nSPS) is 16.1. The second-order valence-corrected chi connectivity index (χ2v) is 5.66. The van der Waals surface area contributed by atoms with E-state index in [0.717, 1.165) is 26.2 Å². The molecule has 4 rings (SSSR count). The van der Waals surface area contributed by atoms with E-state index in [1.165, 1.54) is 12.4 Å². The molecule has 1 aliphatic rings. The zero-order valence-corrected chi connectivity index (χ0v) is 12.6. The van der Waals surface area contributed by atoms with Gasteiger partial charge in [-0.1, -0.05) is 0 Å². The Morgan fingerprint density at radius 1 is 1.22 bits per heavy atom. The van der Waals surface area contributed by atoms with E-state index in [1.807, 2.05) is 6.07 Å². The van der Waals surface area contributed by atoms with Crippen LogP contribution < -0.4 is 4.90 Å². The Hall–Kier alpha value is -2.79. The molecule has 0 atom stereocenters. The third-order valence-corrected chi connectivity index (χ3v) is 4.17. The molecular formula is C15H14FN7. The SMILES string of the molecule is CN1CCN(c2nc3c(F)cc(C#N)cc3n3ncnc23)CC1. The Bertz CT molecular complexity index is 934. The first-order valence-electron chi connectivity index (χ1n) is 7.34. The minimum Gasteiger partial charge on any atom is -0.351 e. The molecule has 23 heavy (non-hydrogen) atoms. The van der Waals surface area contributed by atoms with Crippen molar-refractivity contribution in [3.05, 3.63) is 29.8 Å². The molecule has 1 fully saturated rings. The Kier molecular flexibility index (Phi) is 3.09. The minimum atomic E-state index is -0.521. The van der Waals surface area contributed by atoms with Gasteiger partial charge in [0.15, 0.2) is 17.3 Å². The van der Waals surface area contributed by atoms with E-state index in [9.17, 15) is 4.39 Å². The fraction of sp³-hybridized carbons (Fsp3) is 0.333. The van der Waals surface area contributed by atoms with Crippen LogP contribution in [-0.2, 0) is 0 Å². The molecule has 3 heterocycles. The first-order valence-corrected chi connectivity index (χ1v) is 7.34. The highest BCUT2D eigenvalue weighted by molar-refractivity contribution is 5.84. The Morgan fingerprint density at radius 3 is 2.74 bits per heavy atom. The maximum Gasteiger partial charge on any atom is 0.199 e. The quantitative estimate of drug-likeness (QED) is 0.668. The summed E-state index contributed by atoms with van der Waals surface area (Å²) in [5.74, 6) is 0.110. The van der Waals surface area contributed by atoms with Gasteiger partial charge in [0.05, 0.1) is 17.1 Å². The van der Waals surface area contributed by atoms with Crippen LogP contribution in [0.25, 0.3) is 16.7 Å². The van der Waals surface area contributed by atoms with Crippen LogP contribution in [0.15, 0.2) is 18.5 Å².